The molecule has 0 bridgehead atoms. The fourth-order valence-corrected chi connectivity index (χ4v) is 2.08. The quantitative estimate of drug-likeness (QED) is 0.779. The molecule has 0 saturated carbocycles. The monoisotopic (exact) mass is 283 g/mol. The minimum Gasteiger partial charge on any atom is -0.475 e. The van der Waals surface area contributed by atoms with Gasteiger partial charge in [-0.2, -0.15) is 0 Å². The Hall–Kier alpha value is -1.75. The molecular weight excluding hydrogens is 270 g/mol. The van der Waals surface area contributed by atoms with Crippen molar-refractivity contribution in [2.45, 2.75) is 20.0 Å². The summed E-state index contributed by atoms with van der Waals surface area (Å²) in [6, 6.07) is 4.92. The number of fused-ring (bicyclic) bond motifs is 1. The van der Waals surface area contributed by atoms with Crippen LogP contribution in [0, 0.1) is 0 Å². The van der Waals surface area contributed by atoms with Gasteiger partial charge in [0.25, 0.3) is 0 Å². The molecule has 0 unspecified atom stereocenters. The Morgan fingerprint density at radius 3 is 2.89 bits per heavy atom. The second-order valence-electron chi connectivity index (χ2n) is 4.10. The van der Waals surface area contributed by atoms with Crippen LogP contribution in [0.15, 0.2) is 18.2 Å². The summed E-state index contributed by atoms with van der Waals surface area (Å²) in [5.74, 6) is -0.209. The third-order valence-corrected chi connectivity index (χ3v) is 2.99. The number of anilines is 1. The van der Waals surface area contributed by atoms with E-state index in [-0.39, 0.29) is 19.1 Å². The standard InChI is InChI=1S/C13H14ClNO4/c1-3-18-13(17)12-7-15(8(2)16)10-6-9(14)4-5-11(10)19-12/h4-6,12H,3,7H2,1-2H3/t12-/m0/s1. The summed E-state index contributed by atoms with van der Waals surface area (Å²) < 4.78 is 10.5. The average Bonchev–Trinajstić information content (AvgIpc) is 2.37. The van der Waals surface area contributed by atoms with Crippen LogP contribution in [0.1, 0.15) is 13.8 Å². The second-order valence-corrected chi connectivity index (χ2v) is 4.54. The number of amides is 1. The van der Waals surface area contributed by atoms with E-state index in [1.807, 2.05) is 0 Å². The molecule has 6 heteroatoms. The van der Waals surface area contributed by atoms with Crippen molar-refractivity contribution in [2.24, 2.45) is 0 Å². The largest absolute Gasteiger partial charge is 0.475 e. The molecule has 0 aliphatic carbocycles. The van der Waals surface area contributed by atoms with Gasteiger partial charge in [-0.15, -0.1) is 0 Å². The van der Waals surface area contributed by atoms with E-state index >= 15 is 0 Å². The van der Waals surface area contributed by atoms with Gasteiger partial charge in [-0.05, 0) is 25.1 Å². The number of esters is 1. The molecule has 0 spiro atoms. The van der Waals surface area contributed by atoms with Crippen molar-refractivity contribution in [3.63, 3.8) is 0 Å². The summed E-state index contributed by atoms with van der Waals surface area (Å²) in [5.41, 5.74) is 0.570. The number of hydrogen-bond donors (Lipinski definition) is 0. The maximum atomic E-state index is 11.7. The van der Waals surface area contributed by atoms with E-state index in [4.69, 9.17) is 21.1 Å². The number of ether oxygens (including phenoxy) is 2. The lowest BCUT2D eigenvalue weighted by Gasteiger charge is -2.33. The van der Waals surface area contributed by atoms with Crippen molar-refractivity contribution in [2.75, 3.05) is 18.1 Å². The van der Waals surface area contributed by atoms with Crippen LogP contribution in [-0.2, 0) is 14.3 Å². The van der Waals surface area contributed by atoms with Gasteiger partial charge in [-0.25, -0.2) is 4.79 Å². The van der Waals surface area contributed by atoms with Gasteiger partial charge in [0.15, 0.2) is 0 Å². The SMILES string of the molecule is CCOC(=O)[C@@H]1CN(C(C)=O)c2cc(Cl)ccc2O1. The lowest BCUT2D eigenvalue weighted by molar-refractivity contribution is -0.151. The molecule has 0 aromatic heterocycles. The molecule has 2 rings (SSSR count). The van der Waals surface area contributed by atoms with Crippen LogP contribution in [0.5, 0.6) is 5.75 Å². The molecule has 1 aliphatic rings. The van der Waals surface area contributed by atoms with Crippen molar-refractivity contribution >= 4 is 29.2 Å². The fourth-order valence-electron chi connectivity index (χ4n) is 1.91. The van der Waals surface area contributed by atoms with Gasteiger partial charge in [0.05, 0.1) is 18.8 Å². The molecule has 1 aromatic carbocycles. The highest BCUT2D eigenvalue weighted by Crippen LogP contribution is 2.35. The second kappa shape index (κ2) is 5.48. The van der Waals surface area contributed by atoms with E-state index in [9.17, 15) is 9.59 Å². The van der Waals surface area contributed by atoms with E-state index in [0.717, 1.165) is 0 Å². The van der Waals surface area contributed by atoms with Crippen molar-refractivity contribution < 1.29 is 19.1 Å². The number of carbonyl (C=O) groups is 2. The normalized spacial score (nSPS) is 17.4. The van der Waals surface area contributed by atoms with Crippen LogP contribution >= 0.6 is 11.6 Å². The summed E-state index contributed by atoms with van der Waals surface area (Å²) in [6.45, 7) is 3.54. The summed E-state index contributed by atoms with van der Waals surface area (Å²) >= 11 is 5.91. The van der Waals surface area contributed by atoms with E-state index in [1.54, 1.807) is 25.1 Å². The Kier molecular flexibility index (Phi) is 3.95. The predicted octanol–water partition coefficient (Wildman–Crippen LogP) is 2.02. The molecule has 102 valence electrons. The maximum absolute atomic E-state index is 11.7. The van der Waals surface area contributed by atoms with Gasteiger partial charge in [-0.1, -0.05) is 11.6 Å². The first-order valence-corrected chi connectivity index (χ1v) is 6.31. The Labute approximate surface area is 116 Å². The molecule has 1 aromatic rings. The molecule has 1 amide bonds. The molecule has 1 aliphatic heterocycles. The van der Waals surface area contributed by atoms with Crippen LogP contribution in [-0.4, -0.2) is 31.1 Å². The van der Waals surface area contributed by atoms with Crippen LogP contribution in [0.4, 0.5) is 5.69 Å². The van der Waals surface area contributed by atoms with Gasteiger partial charge in [0, 0.05) is 11.9 Å². The summed E-state index contributed by atoms with van der Waals surface area (Å²) in [6.07, 6.45) is -0.808. The minimum atomic E-state index is -0.808. The number of hydrogen-bond acceptors (Lipinski definition) is 4. The first kappa shape index (κ1) is 13.7. The van der Waals surface area contributed by atoms with Crippen molar-refractivity contribution in [3.8, 4) is 5.75 Å². The first-order valence-electron chi connectivity index (χ1n) is 5.94. The highest BCUT2D eigenvalue weighted by Gasteiger charge is 2.33. The van der Waals surface area contributed by atoms with Crippen LogP contribution in [0.3, 0.4) is 0 Å². The van der Waals surface area contributed by atoms with E-state index in [2.05, 4.69) is 0 Å². The fraction of sp³-hybridized carbons (Fsp3) is 0.385. The third-order valence-electron chi connectivity index (χ3n) is 2.76. The Morgan fingerprint density at radius 2 is 2.26 bits per heavy atom. The smallest absolute Gasteiger partial charge is 0.349 e. The summed E-state index contributed by atoms with van der Waals surface area (Å²) in [5, 5.41) is 0.503. The molecule has 0 saturated heterocycles. The molecule has 0 fully saturated rings. The number of rotatable bonds is 2. The summed E-state index contributed by atoms with van der Waals surface area (Å²) in [7, 11) is 0. The predicted molar refractivity (Wildman–Crippen MR) is 70.5 cm³/mol. The van der Waals surface area contributed by atoms with Gasteiger partial charge in [0.1, 0.15) is 5.75 Å². The Balaban J connectivity index is 2.33. The highest BCUT2D eigenvalue weighted by atomic mass is 35.5. The molecule has 0 radical (unpaired) electrons. The molecular formula is C13H14ClNO4. The number of nitrogens with zero attached hydrogens (tertiary/aromatic N) is 1. The van der Waals surface area contributed by atoms with Crippen molar-refractivity contribution in [1.29, 1.82) is 0 Å². The lowest BCUT2D eigenvalue weighted by atomic mass is 10.2. The van der Waals surface area contributed by atoms with Gasteiger partial charge >= 0.3 is 5.97 Å². The molecule has 19 heavy (non-hydrogen) atoms. The van der Waals surface area contributed by atoms with Crippen molar-refractivity contribution in [1.82, 2.24) is 0 Å². The first-order chi connectivity index (χ1) is 9.02. The Bertz CT molecular complexity index is 517. The molecule has 5 nitrogen and oxygen atoms in total. The zero-order chi connectivity index (χ0) is 14.0. The van der Waals surface area contributed by atoms with Crippen LogP contribution in [0.25, 0.3) is 0 Å². The van der Waals surface area contributed by atoms with Crippen molar-refractivity contribution in [3.05, 3.63) is 23.2 Å². The molecule has 1 heterocycles. The summed E-state index contributed by atoms with van der Waals surface area (Å²) in [4.78, 5) is 24.9. The zero-order valence-corrected chi connectivity index (χ0v) is 11.4. The maximum Gasteiger partial charge on any atom is 0.349 e. The van der Waals surface area contributed by atoms with Gasteiger partial charge in [0.2, 0.25) is 12.0 Å². The van der Waals surface area contributed by atoms with Gasteiger partial charge in [-0.3, -0.25) is 4.79 Å². The third kappa shape index (κ3) is 2.81. The van der Waals surface area contributed by atoms with E-state index < -0.39 is 12.1 Å². The average molecular weight is 284 g/mol. The molecule has 0 N–H and O–H groups in total. The lowest BCUT2D eigenvalue weighted by Crippen LogP contribution is -2.47. The van der Waals surface area contributed by atoms with E-state index in [1.165, 1.54) is 11.8 Å². The highest BCUT2D eigenvalue weighted by molar-refractivity contribution is 6.31. The number of carbonyl (C=O) groups excluding carboxylic acids is 2. The minimum absolute atomic E-state index is 0.126. The number of halogens is 1. The topological polar surface area (TPSA) is 55.8 Å². The van der Waals surface area contributed by atoms with Gasteiger partial charge < -0.3 is 14.4 Å². The van der Waals surface area contributed by atoms with E-state index in [0.29, 0.717) is 16.5 Å². The zero-order valence-electron chi connectivity index (χ0n) is 10.7. The molecule has 1 atom stereocenters. The number of benzene rings is 1. The Morgan fingerprint density at radius 1 is 1.53 bits per heavy atom. The van der Waals surface area contributed by atoms with Crippen LogP contribution < -0.4 is 9.64 Å². The van der Waals surface area contributed by atoms with Crippen LogP contribution in [0.2, 0.25) is 5.02 Å².